The Hall–Kier alpha value is -0.150. The van der Waals surface area contributed by atoms with Gasteiger partial charge in [-0.1, -0.05) is 25.6 Å². The summed E-state index contributed by atoms with van der Waals surface area (Å²) >= 11 is 4.78. The third kappa shape index (κ3) is 3.43. The van der Waals surface area contributed by atoms with E-state index in [1.807, 2.05) is 6.92 Å². The summed E-state index contributed by atoms with van der Waals surface area (Å²) in [7, 11) is 1.72. The number of aliphatic hydroxyl groups is 1. The van der Waals surface area contributed by atoms with Crippen LogP contribution in [0, 0.1) is 0 Å². The molecule has 9 heavy (non-hydrogen) atoms. The van der Waals surface area contributed by atoms with Crippen molar-refractivity contribution in [1.29, 1.82) is 0 Å². The highest BCUT2D eigenvalue weighted by atomic mass is 32.1. The Morgan fingerprint density at radius 2 is 2.33 bits per heavy atom. The van der Waals surface area contributed by atoms with Crippen molar-refractivity contribution < 1.29 is 5.11 Å². The quantitative estimate of drug-likeness (QED) is 0.576. The van der Waals surface area contributed by atoms with E-state index in [0.717, 1.165) is 12.8 Å². The lowest BCUT2D eigenvalue weighted by Crippen LogP contribution is -2.29. The van der Waals surface area contributed by atoms with Crippen molar-refractivity contribution in [3.05, 3.63) is 0 Å². The fraction of sp³-hybridized carbons (Fsp3) is 0.833. The lowest BCUT2D eigenvalue weighted by atomic mass is 10.2. The average Bonchev–Trinajstić information content (AvgIpc) is 1.87. The van der Waals surface area contributed by atoms with E-state index in [1.165, 1.54) is 0 Å². The van der Waals surface area contributed by atoms with Gasteiger partial charge < -0.3 is 10.4 Å². The van der Waals surface area contributed by atoms with Crippen LogP contribution in [0.5, 0.6) is 0 Å². The molecule has 1 unspecified atom stereocenters. The van der Waals surface area contributed by atoms with E-state index in [2.05, 4.69) is 5.32 Å². The third-order valence-electron chi connectivity index (χ3n) is 1.11. The molecule has 0 saturated carbocycles. The topological polar surface area (TPSA) is 32.3 Å². The fourth-order valence-electron chi connectivity index (χ4n) is 0.571. The molecule has 0 aliphatic carbocycles. The van der Waals surface area contributed by atoms with Crippen molar-refractivity contribution in [2.24, 2.45) is 0 Å². The zero-order valence-corrected chi connectivity index (χ0v) is 6.66. The number of hydrogen-bond donors (Lipinski definition) is 2. The van der Waals surface area contributed by atoms with Gasteiger partial charge in [-0.25, -0.2) is 0 Å². The first-order chi connectivity index (χ1) is 4.22. The van der Waals surface area contributed by atoms with Gasteiger partial charge >= 0.3 is 0 Å². The Morgan fingerprint density at radius 3 is 2.67 bits per heavy atom. The van der Waals surface area contributed by atoms with Gasteiger partial charge in [0.15, 0.2) is 0 Å². The molecule has 0 aromatic carbocycles. The van der Waals surface area contributed by atoms with Crippen LogP contribution in [0.1, 0.15) is 19.8 Å². The molecular weight excluding hydrogens is 134 g/mol. The van der Waals surface area contributed by atoms with Crippen LogP contribution in [0.4, 0.5) is 0 Å². The zero-order valence-electron chi connectivity index (χ0n) is 5.85. The predicted molar refractivity (Wildman–Crippen MR) is 42.6 cm³/mol. The van der Waals surface area contributed by atoms with E-state index in [1.54, 1.807) is 7.05 Å². The number of thiocarbonyl (C=S) groups is 1. The maximum Gasteiger partial charge on any atom is 0.104 e. The largest absolute Gasteiger partial charge is 0.386 e. The minimum atomic E-state index is -0.449. The molecule has 0 radical (unpaired) electrons. The highest BCUT2D eigenvalue weighted by Crippen LogP contribution is 1.96. The summed E-state index contributed by atoms with van der Waals surface area (Å²) in [5, 5.41) is 11.8. The van der Waals surface area contributed by atoms with Crippen molar-refractivity contribution in [2.75, 3.05) is 7.05 Å². The number of hydrogen-bond acceptors (Lipinski definition) is 2. The summed E-state index contributed by atoms with van der Waals surface area (Å²) in [6.07, 6.45) is 1.26. The molecule has 0 aliphatic rings. The van der Waals surface area contributed by atoms with Crippen LogP contribution < -0.4 is 5.32 Å². The number of likely N-dealkylation sites (N-methyl/N-ethyl adjacent to an activating group) is 1. The van der Waals surface area contributed by atoms with E-state index in [9.17, 15) is 0 Å². The molecule has 0 spiro atoms. The molecule has 2 N–H and O–H groups in total. The maximum atomic E-state index is 9.11. The molecule has 0 heterocycles. The summed E-state index contributed by atoms with van der Waals surface area (Å²) in [5.74, 6) is 0. The van der Waals surface area contributed by atoms with Crippen LogP contribution in [-0.4, -0.2) is 23.2 Å². The second-order valence-corrected chi connectivity index (χ2v) is 2.36. The van der Waals surface area contributed by atoms with Crippen LogP contribution in [0.15, 0.2) is 0 Å². The molecular formula is C6H13NOS. The van der Waals surface area contributed by atoms with Gasteiger partial charge in [-0.15, -0.1) is 0 Å². The molecule has 0 fully saturated rings. The standard InChI is InChI=1S/C6H13NOS/c1-3-4-5(8)6(9)7-2/h5,8H,3-4H2,1-2H3,(H,7,9). The van der Waals surface area contributed by atoms with Gasteiger partial charge in [-0.05, 0) is 6.42 Å². The van der Waals surface area contributed by atoms with Crippen LogP contribution in [0.3, 0.4) is 0 Å². The monoisotopic (exact) mass is 147 g/mol. The minimum absolute atomic E-state index is 0.449. The van der Waals surface area contributed by atoms with Crippen molar-refractivity contribution in [3.63, 3.8) is 0 Å². The highest BCUT2D eigenvalue weighted by Gasteiger charge is 2.05. The van der Waals surface area contributed by atoms with Gasteiger partial charge in [0.25, 0.3) is 0 Å². The van der Waals surface area contributed by atoms with Crippen LogP contribution >= 0.6 is 12.2 Å². The van der Waals surface area contributed by atoms with Crippen LogP contribution in [0.25, 0.3) is 0 Å². The van der Waals surface area contributed by atoms with Crippen molar-refractivity contribution in [3.8, 4) is 0 Å². The molecule has 0 saturated heterocycles. The van der Waals surface area contributed by atoms with Crippen molar-refractivity contribution in [2.45, 2.75) is 25.9 Å². The average molecular weight is 147 g/mol. The fourth-order valence-corrected chi connectivity index (χ4v) is 0.689. The first-order valence-corrected chi connectivity index (χ1v) is 3.52. The highest BCUT2D eigenvalue weighted by molar-refractivity contribution is 7.80. The molecule has 3 heteroatoms. The van der Waals surface area contributed by atoms with E-state index in [0.29, 0.717) is 4.99 Å². The van der Waals surface area contributed by atoms with Gasteiger partial charge in [0.2, 0.25) is 0 Å². The summed E-state index contributed by atoms with van der Waals surface area (Å²) < 4.78 is 0. The Labute approximate surface area is 61.3 Å². The molecule has 0 aliphatic heterocycles. The Balaban J connectivity index is 3.45. The normalized spacial score (nSPS) is 12.8. The first-order valence-electron chi connectivity index (χ1n) is 3.12. The number of nitrogens with one attached hydrogen (secondary N) is 1. The molecule has 0 bridgehead atoms. The summed E-state index contributed by atoms with van der Waals surface area (Å²) in [6, 6.07) is 0. The minimum Gasteiger partial charge on any atom is -0.386 e. The van der Waals surface area contributed by atoms with Gasteiger partial charge in [-0.2, -0.15) is 0 Å². The van der Waals surface area contributed by atoms with Crippen molar-refractivity contribution in [1.82, 2.24) is 5.32 Å². The maximum absolute atomic E-state index is 9.11. The Morgan fingerprint density at radius 1 is 1.78 bits per heavy atom. The molecule has 0 aromatic rings. The van der Waals surface area contributed by atoms with E-state index < -0.39 is 6.10 Å². The molecule has 54 valence electrons. The van der Waals surface area contributed by atoms with Crippen LogP contribution in [0.2, 0.25) is 0 Å². The Bertz CT molecular complexity index is 95.1. The molecule has 0 aromatic heterocycles. The lowest BCUT2D eigenvalue weighted by Gasteiger charge is -2.08. The summed E-state index contributed by atoms with van der Waals surface area (Å²) in [6.45, 7) is 2.02. The van der Waals surface area contributed by atoms with Gasteiger partial charge in [0.05, 0.1) is 0 Å². The lowest BCUT2D eigenvalue weighted by molar-refractivity contribution is 0.229. The van der Waals surface area contributed by atoms with E-state index in [-0.39, 0.29) is 0 Å². The summed E-state index contributed by atoms with van der Waals surface area (Å²) in [4.78, 5) is 0.539. The zero-order chi connectivity index (χ0) is 7.28. The second kappa shape index (κ2) is 4.70. The molecule has 2 nitrogen and oxygen atoms in total. The Kier molecular flexibility index (Phi) is 4.62. The molecule has 0 rings (SSSR count). The molecule has 0 amide bonds. The molecule has 1 atom stereocenters. The smallest absolute Gasteiger partial charge is 0.104 e. The van der Waals surface area contributed by atoms with E-state index in [4.69, 9.17) is 17.3 Å². The van der Waals surface area contributed by atoms with E-state index >= 15 is 0 Å². The SMILES string of the molecule is CCCC(O)C(=S)NC. The predicted octanol–water partition coefficient (Wildman–Crippen LogP) is 0.694. The number of rotatable bonds is 3. The first kappa shape index (κ1) is 8.85. The second-order valence-electron chi connectivity index (χ2n) is 1.92. The van der Waals surface area contributed by atoms with Gasteiger partial charge in [0, 0.05) is 7.05 Å². The third-order valence-corrected chi connectivity index (χ3v) is 1.59. The van der Waals surface area contributed by atoms with Crippen molar-refractivity contribution >= 4 is 17.2 Å². The van der Waals surface area contributed by atoms with Gasteiger partial charge in [-0.3, -0.25) is 0 Å². The summed E-state index contributed by atoms with van der Waals surface area (Å²) in [5.41, 5.74) is 0. The van der Waals surface area contributed by atoms with Crippen LogP contribution in [-0.2, 0) is 0 Å². The number of aliphatic hydroxyl groups excluding tert-OH is 1. The van der Waals surface area contributed by atoms with Gasteiger partial charge in [0.1, 0.15) is 11.1 Å².